The Balaban J connectivity index is 2.22. The van der Waals surface area contributed by atoms with Gasteiger partial charge in [-0.25, -0.2) is 4.39 Å². The molecule has 0 amide bonds. The second-order valence-corrected chi connectivity index (χ2v) is 7.02. The Morgan fingerprint density at radius 2 is 2.04 bits per heavy atom. The van der Waals surface area contributed by atoms with Gasteiger partial charge in [-0.1, -0.05) is 18.2 Å². The predicted molar refractivity (Wildman–Crippen MR) is 106 cm³/mol. The molecule has 0 aliphatic heterocycles. The SMILES string of the molecule is C=CCCc1nc(C2CC2)c(CO)c(-c2ccc(F)cc2)c1CC(=O)OCC. The Bertz CT molecular complexity index is 857. The predicted octanol–water partition coefficient (Wildman–Crippen LogP) is 4.48. The summed E-state index contributed by atoms with van der Waals surface area (Å²) in [6.45, 7) is 5.68. The molecule has 1 aromatic carbocycles. The van der Waals surface area contributed by atoms with Gasteiger partial charge in [0.2, 0.25) is 0 Å². The van der Waals surface area contributed by atoms with Crippen molar-refractivity contribution in [2.24, 2.45) is 0 Å². The number of rotatable bonds is 9. The maximum absolute atomic E-state index is 13.5. The van der Waals surface area contributed by atoms with Crippen molar-refractivity contribution >= 4 is 5.97 Å². The Hall–Kier alpha value is -2.53. The molecule has 1 aromatic heterocycles. The van der Waals surface area contributed by atoms with Gasteiger partial charge in [0.1, 0.15) is 5.82 Å². The third-order valence-corrected chi connectivity index (χ3v) is 4.98. The highest BCUT2D eigenvalue weighted by molar-refractivity contribution is 5.80. The summed E-state index contributed by atoms with van der Waals surface area (Å²) in [6.07, 6.45) is 5.36. The van der Waals surface area contributed by atoms with E-state index in [0.29, 0.717) is 18.9 Å². The van der Waals surface area contributed by atoms with Crippen LogP contribution in [0.5, 0.6) is 0 Å². The number of aromatic nitrogens is 1. The Morgan fingerprint density at radius 1 is 1.32 bits per heavy atom. The van der Waals surface area contributed by atoms with Crippen LogP contribution in [0.4, 0.5) is 4.39 Å². The molecule has 0 spiro atoms. The second kappa shape index (κ2) is 9.11. The summed E-state index contributed by atoms with van der Waals surface area (Å²) in [7, 11) is 0. The Morgan fingerprint density at radius 3 is 2.61 bits per heavy atom. The van der Waals surface area contributed by atoms with E-state index in [4.69, 9.17) is 9.72 Å². The van der Waals surface area contributed by atoms with Crippen LogP contribution in [0.2, 0.25) is 0 Å². The quantitative estimate of drug-likeness (QED) is 0.512. The first-order valence-corrected chi connectivity index (χ1v) is 9.76. The van der Waals surface area contributed by atoms with Gasteiger partial charge in [-0.2, -0.15) is 0 Å². The first kappa shape index (κ1) is 20.2. The van der Waals surface area contributed by atoms with Crippen LogP contribution in [0.25, 0.3) is 11.1 Å². The number of carbonyl (C=O) groups is 1. The fourth-order valence-electron chi connectivity index (χ4n) is 3.55. The molecule has 0 saturated heterocycles. The van der Waals surface area contributed by atoms with Gasteiger partial charge < -0.3 is 9.84 Å². The first-order chi connectivity index (χ1) is 13.6. The van der Waals surface area contributed by atoms with Crippen molar-refractivity contribution in [3.8, 4) is 11.1 Å². The number of pyridine rings is 1. The highest BCUT2D eigenvalue weighted by Gasteiger charge is 2.31. The molecular formula is C23H26FNO3. The van der Waals surface area contributed by atoms with Crippen LogP contribution in [0.3, 0.4) is 0 Å². The molecule has 0 bridgehead atoms. The lowest BCUT2D eigenvalue weighted by Gasteiger charge is -2.21. The number of nitrogens with zero attached hydrogens (tertiary/aromatic N) is 1. The Kier molecular flexibility index (Phi) is 6.57. The molecule has 28 heavy (non-hydrogen) atoms. The van der Waals surface area contributed by atoms with Crippen molar-refractivity contribution in [3.63, 3.8) is 0 Å². The van der Waals surface area contributed by atoms with Crippen LogP contribution < -0.4 is 0 Å². The van der Waals surface area contributed by atoms with Gasteiger partial charge in [-0.15, -0.1) is 6.58 Å². The van der Waals surface area contributed by atoms with Gasteiger partial charge in [-0.3, -0.25) is 9.78 Å². The largest absolute Gasteiger partial charge is 0.466 e. The third-order valence-electron chi connectivity index (χ3n) is 4.98. The number of aryl methyl sites for hydroxylation is 1. The van der Waals surface area contributed by atoms with Crippen LogP contribution in [-0.2, 0) is 29.0 Å². The maximum atomic E-state index is 13.5. The summed E-state index contributed by atoms with van der Waals surface area (Å²) in [6, 6.07) is 6.16. The molecule has 1 fully saturated rings. The Labute approximate surface area is 165 Å². The molecule has 0 atom stereocenters. The third kappa shape index (κ3) is 4.47. The van der Waals surface area contributed by atoms with Crippen molar-refractivity contribution < 1.29 is 19.0 Å². The molecule has 4 nitrogen and oxygen atoms in total. The van der Waals surface area contributed by atoms with Crippen LogP contribution in [0, 0.1) is 5.82 Å². The number of allylic oxidation sites excluding steroid dienone is 1. The summed E-state index contributed by atoms with van der Waals surface area (Å²) >= 11 is 0. The van der Waals surface area contributed by atoms with Crippen molar-refractivity contribution in [2.75, 3.05) is 6.61 Å². The van der Waals surface area contributed by atoms with Crippen molar-refractivity contribution in [1.29, 1.82) is 0 Å². The highest BCUT2D eigenvalue weighted by atomic mass is 19.1. The molecule has 0 radical (unpaired) electrons. The molecule has 3 rings (SSSR count). The average molecular weight is 383 g/mol. The van der Waals surface area contributed by atoms with E-state index < -0.39 is 0 Å². The number of ether oxygens (including phenoxy) is 1. The van der Waals surface area contributed by atoms with E-state index in [1.54, 1.807) is 19.1 Å². The van der Waals surface area contributed by atoms with Crippen molar-refractivity contribution in [1.82, 2.24) is 4.98 Å². The first-order valence-electron chi connectivity index (χ1n) is 9.76. The number of aliphatic hydroxyl groups is 1. The summed E-state index contributed by atoms with van der Waals surface area (Å²) in [5.74, 6) is -0.333. The molecule has 0 unspecified atom stereocenters. The monoisotopic (exact) mass is 383 g/mol. The summed E-state index contributed by atoms with van der Waals surface area (Å²) < 4.78 is 18.7. The number of aliphatic hydroxyl groups excluding tert-OH is 1. The van der Waals surface area contributed by atoms with E-state index in [9.17, 15) is 14.3 Å². The van der Waals surface area contributed by atoms with Gasteiger partial charge >= 0.3 is 5.97 Å². The van der Waals surface area contributed by atoms with Crippen molar-refractivity contribution in [2.45, 2.75) is 51.6 Å². The van der Waals surface area contributed by atoms with Gasteiger partial charge in [0.25, 0.3) is 0 Å². The maximum Gasteiger partial charge on any atom is 0.310 e. The van der Waals surface area contributed by atoms with Gasteiger partial charge in [0.05, 0.1) is 19.6 Å². The fourth-order valence-corrected chi connectivity index (χ4v) is 3.55. The van der Waals surface area contributed by atoms with E-state index in [2.05, 4.69) is 6.58 Å². The molecule has 1 heterocycles. The van der Waals surface area contributed by atoms with Gasteiger partial charge in [0.15, 0.2) is 0 Å². The molecule has 148 valence electrons. The number of carbonyl (C=O) groups excluding carboxylic acids is 1. The minimum Gasteiger partial charge on any atom is -0.466 e. The number of halogens is 1. The number of hydrogen-bond acceptors (Lipinski definition) is 4. The minimum atomic E-state index is -0.337. The molecule has 1 saturated carbocycles. The molecule has 1 N–H and O–H groups in total. The van der Waals surface area contributed by atoms with E-state index >= 15 is 0 Å². The number of benzene rings is 1. The summed E-state index contributed by atoms with van der Waals surface area (Å²) in [4.78, 5) is 17.2. The van der Waals surface area contributed by atoms with E-state index in [1.807, 2.05) is 6.08 Å². The van der Waals surface area contributed by atoms with E-state index in [-0.39, 0.29) is 24.8 Å². The summed E-state index contributed by atoms with van der Waals surface area (Å²) in [5.41, 5.74) is 4.76. The lowest BCUT2D eigenvalue weighted by atomic mass is 9.88. The molecule has 1 aliphatic rings. The minimum absolute atomic E-state index is 0.0674. The fraction of sp³-hybridized carbons (Fsp3) is 0.391. The van der Waals surface area contributed by atoms with Crippen LogP contribution in [-0.4, -0.2) is 22.7 Å². The number of hydrogen-bond donors (Lipinski definition) is 1. The second-order valence-electron chi connectivity index (χ2n) is 7.02. The zero-order valence-electron chi connectivity index (χ0n) is 16.2. The zero-order valence-corrected chi connectivity index (χ0v) is 16.2. The summed E-state index contributed by atoms with van der Waals surface area (Å²) in [5, 5.41) is 10.2. The van der Waals surface area contributed by atoms with Gasteiger partial charge in [-0.05, 0) is 61.4 Å². The van der Waals surface area contributed by atoms with E-state index in [0.717, 1.165) is 52.9 Å². The van der Waals surface area contributed by atoms with Gasteiger partial charge in [0, 0.05) is 22.9 Å². The molecule has 5 heteroatoms. The van der Waals surface area contributed by atoms with Crippen LogP contribution >= 0.6 is 0 Å². The standard InChI is InChI=1S/C23H26FNO3/c1-3-5-6-20-18(13-21(27)28-4-2)22(15-9-11-17(24)12-10-15)19(14-26)23(25-20)16-7-8-16/h3,9-12,16,26H,1,4-8,13-14H2,2H3. The van der Waals surface area contributed by atoms with Crippen molar-refractivity contribution in [3.05, 3.63) is 65.3 Å². The average Bonchev–Trinajstić information content (AvgIpc) is 3.52. The van der Waals surface area contributed by atoms with E-state index in [1.165, 1.54) is 12.1 Å². The van der Waals surface area contributed by atoms with Crippen LogP contribution in [0.15, 0.2) is 36.9 Å². The smallest absolute Gasteiger partial charge is 0.310 e. The van der Waals surface area contributed by atoms with Crippen LogP contribution in [0.1, 0.15) is 54.6 Å². The molecular weight excluding hydrogens is 357 g/mol. The lowest BCUT2D eigenvalue weighted by Crippen LogP contribution is -2.15. The zero-order chi connectivity index (χ0) is 20.1. The normalized spacial score (nSPS) is 13.4. The highest BCUT2D eigenvalue weighted by Crippen LogP contribution is 2.44. The number of esters is 1. The lowest BCUT2D eigenvalue weighted by molar-refractivity contribution is -0.142. The molecule has 1 aliphatic carbocycles. The molecule has 2 aromatic rings. The topological polar surface area (TPSA) is 59.4 Å².